The molecule has 0 aromatic heterocycles. The second-order valence-electron chi connectivity index (χ2n) is 4.98. The Morgan fingerprint density at radius 3 is 2.95 bits per heavy atom. The van der Waals surface area contributed by atoms with Crippen molar-refractivity contribution < 1.29 is 9.90 Å². The van der Waals surface area contributed by atoms with Gasteiger partial charge in [-0.1, -0.05) is 12.1 Å². The van der Waals surface area contributed by atoms with Gasteiger partial charge in [0.25, 0.3) is 0 Å². The smallest absolute Gasteiger partial charge is 0.228 e. The number of carbonyl (C=O) groups is 1. The van der Waals surface area contributed by atoms with E-state index in [2.05, 4.69) is 11.4 Å². The van der Waals surface area contributed by atoms with E-state index < -0.39 is 0 Å². The standard InChI is InChI=1S/C14H17N3O2/c1-9-4-3-5-12(13(9)18)16-14(19)10-6-11(7-15)17(2)8-10/h3-5,10-11,18H,6,8H2,1-2H3,(H,16,19). The minimum Gasteiger partial charge on any atom is -0.505 e. The highest BCUT2D eigenvalue weighted by molar-refractivity contribution is 5.94. The van der Waals surface area contributed by atoms with Crippen LogP contribution in [0.2, 0.25) is 0 Å². The largest absolute Gasteiger partial charge is 0.505 e. The Hall–Kier alpha value is -2.06. The molecule has 0 bridgehead atoms. The molecule has 1 fully saturated rings. The fourth-order valence-electron chi connectivity index (χ4n) is 2.33. The van der Waals surface area contributed by atoms with Gasteiger partial charge in [-0.25, -0.2) is 0 Å². The number of hydrogen-bond donors (Lipinski definition) is 2. The number of carbonyl (C=O) groups excluding carboxylic acids is 1. The molecular formula is C14H17N3O2. The van der Waals surface area contributed by atoms with Crippen LogP contribution >= 0.6 is 0 Å². The zero-order chi connectivity index (χ0) is 14.0. The minimum atomic E-state index is -0.213. The number of benzene rings is 1. The molecule has 100 valence electrons. The van der Waals surface area contributed by atoms with E-state index >= 15 is 0 Å². The van der Waals surface area contributed by atoms with Gasteiger partial charge in [0.15, 0.2) is 0 Å². The van der Waals surface area contributed by atoms with Crippen molar-refractivity contribution in [3.63, 3.8) is 0 Å². The van der Waals surface area contributed by atoms with E-state index in [4.69, 9.17) is 5.26 Å². The number of anilines is 1. The lowest BCUT2D eigenvalue weighted by Crippen LogP contribution is -2.26. The molecule has 1 aliphatic heterocycles. The molecule has 19 heavy (non-hydrogen) atoms. The van der Waals surface area contributed by atoms with Crippen LogP contribution in [0.1, 0.15) is 12.0 Å². The second-order valence-corrected chi connectivity index (χ2v) is 4.98. The summed E-state index contributed by atoms with van der Waals surface area (Å²) in [6, 6.07) is 7.20. The number of rotatable bonds is 2. The van der Waals surface area contributed by atoms with E-state index in [1.165, 1.54) is 0 Å². The van der Waals surface area contributed by atoms with Crippen LogP contribution in [0.3, 0.4) is 0 Å². The van der Waals surface area contributed by atoms with Gasteiger partial charge in [0.2, 0.25) is 5.91 Å². The summed E-state index contributed by atoms with van der Waals surface area (Å²) in [4.78, 5) is 14.0. The molecule has 0 spiro atoms. The zero-order valence-electron chi connectivity index (χ0n) is 11.1. The molecule has 1 heterocycles. The van der Waals surface area contributed by atoms with Crippen LogP contribution in [0, 0.1) is 24.2 Å². The molecule has 0 saturated carbocycles. The number of amides is 1. The predicted molar refractivity (Wildman–Crippen MR) is 71.6 cm³/mol. The molecule has 1 aromatic carbocycles. The lowest BCUT2D eigenvalue weighted by Gasteiger charge is -2.13. The van der Waals surface area contributed by atoms with Gasteiger partial charge in [0, 0.05) is 6.54 Å². The van der Waals surface area contributed by atoms with Crippen LogP contribution in [-0.2, 0) is 4.79 Å². The summed E-state index contributed by atoms with van der Waals surface area (Å²) in [5.41, 5.74) is 1.14. The summed E-state index contributed by atoms with van der Waals surface area (Å²) >= 11 is 0. The molecule has 2 rings (SSSR count). The Bertz CT molecular complexity index is 536. The molecule has 1 aliphatic rings. The molecule has 5 nitrogen and oxygen atoms in total. The first-order chi connectivity index (χ1) is 9.02. The van der Waals surface area contributed by atoms with Gasteiger partial charge in [0.05, 0.1) is 23.7 Å². The third-order valence-electron chi connectivity index (χ3n) is 3.56. The topological polar surface area (TPSA) is 76.4 Å². The monoisotopic (exact) mass is 259 g/mol. The van der Waals surface area contributed by atoms with Crippen molar-refractivity contribution in [3.8, 4) is 11.8 Å². The van der Waals surface area contributed by atoms with Crippen LogP contribution in [0.5, 0.6) is 5.75 Å². The second kappa shape index (κ2) is 5.29. The number of aryl methyl sites for hydroxylation is 1. The van der Waals surface area contributed by atoms with Crippen LogP contribution < -0.4 is 5.32 Å². The SMILES string of the molecule is Cc1cccc(NC(=O)C2CC(C#N)N(C)C2)c1O. The van der Waals surface area contributed by atoms with Crippen molar-refractivity contribution in [3.05, 3.63) is 23.8 Å². The van der Waals surface area contributed by atoms with Crippen LogP contribution in [0.25, 0.3) is 0 Å². The van der Waals surface area contributed by atoms with E-state index in [9.17, 15) is 9.90 Å². The molecule has 0 radical (unpaired) electrons. The van der Waals surface area contributed by atoms with Gasteiger partial charge in [-0.3, -0.25) is 9.69 Å². The van der Waals surface area contributed by atoms with Crippen molar-refractivity contribution >= 4 is 11.6 Å². The number of phenols is 1. The number of phenolic OH excluding ortho intramolecular Hbond substituents is 1. The summed E-state index contributed by atoms with van der Waals surface area (Å²) < 4.78 is 0. The Morgan fingerprint density at radius 2 is 2.32 bits per heavy atom. The molecule has 5 heteroatoms. The van der Waals surface area contributed by atoms with Gasteiger partial charge in [0.1, 0.15) is 5.75 Å². The quantitative estimate of drug-likeness (QED) is 0.789. The van der Waals surface area contributed by atoms with E-state index in [0.717, 1.165) is 5.56 Å². The first kappa shape index (κ1) is 13.4. The maximum Gasteiger partial charge on any atom is 0.228 e. The lowest BCUT2D eigenvalue weighted by atomic mass is 10.0. The number of nitrogens with zero attached hydrogens (tertiary/aromatic N) is 2. The minimum absolute atomic E-state index is 0.0963. The molecule has 2 N–H and O–H groups in total. The summed E-state index contributed by atoms with van der Waals surface area (Å²) in [6.07, 6.45) is 0.533. The van der Waals surface area contributed by atoms with Crippen molar-refractivity contribution in [2.45, 2.75) is 19.4 Å². The van der Waals surface area contributed by atoms with Crippen LogP contribution in [-0.4, -0.2) is 35.5 Å². The van der Waals surface area contributed by atoms with E-state index in [0.29, 0.717) is 18.7 Å². The third kappa shape index (κ3) is 2.69. The van der Waals surface area contributed by atoms with Gasteiger partial charge in [-0.05, 0) is 32.0 Å². The fourth-order valence-corrected chi connectivity index (χ4v) is 2.33. The van der Waals surface area contributed by atoms with Crippen molar-refractivity contribution in [2.75, 3.05) is 18.9 Å². The van der Waals surface area contributed by atoms with E-state index in [1.54, 1.807) is 25.1 Å². The number of nitrogens with one attached hydrogen (secondary N) is 1. The summed E-state index contributed by atoms with van der Waals surface area (Å²) in [5, 5.41) is 21.5. The number of para-hydroxylation sites is 1. The van der Waals surface area contributed by atoms with Crippen molar-refractivity contribution in [2.24, 2.45) is 5.92 Å². The summed E-state index contributed by atoms with van der Waals surface area (Å²) in [7, 11) is 1.84. The maximum absolute atomic E-state index is 12.1. The van der Waals surface area contributed by atoms with Crippen LogP contribution in [0.15, 0.2) is 18.2 Å². The van der Waals surface area contributed by atoms with E-state index in [-0.39, 0.29) is 23.6 Å². The predicted octanol–water partition coefficient (Wildman–Crippen LogP) is 1.48. The Morgan fingerprint density at radius 1 is 1.58 bits per heavy atom. The summed E-state index contributed by atoms with van der Waals surface area (Å²) in [5.74, 6) is -0.265. The Balaban J connectivity index is 2.07. The fraction of sp³-hybridized carbons (Fsp3) is 0.429. The lowest BCUT2D eigenvalue weighted by molar-refractivity contribution is -0.119. The molecular weight excluding hydrogens is 242 g/mol. The maximum atomic E-state index is 12.1. The Labute approximate surface area is 112 Å². The first-order valence-corrected chi connectivity index (χ1v) is 6.22. The molecule has 1 amide bonds. The average Bonchev–Trinajstić information content (AvgIpc) is 2.76. The molecule has 1 saturated heterocycles. The van der Waals surface area contributed by atoms with Gasteiger partial charge >= 0.3 is 0 Å². The Kier molecular flexibility index (Phi) is 3.72. The normalized spacial score (nSPS) is 23.0. The van der Waals surface area contributed by atoms with Gasteiger partial charge in [-0.2, -0.15) is 5.26 Å². The molecule has 2 atom stereocenters. The number of hydrogen-bond acceptors (Lipinski definition) is 4. The van der Waals surface area contributed by atoms with Crippen LogP contribution in [0.4, 0.5) is 5.69 Å². The van der Waals surface area contributed by atoms with Gasteiger partial charge in [-0.15, -0.1) is 0 Å². The van der Waals surface area contributed by atoms with Crippen molar-refractivity contribution in [1.82, 2.24) is 4.90 Å². The van der Waals surface area contributed by atoms with Gasteiger partial charge < -0.3 is 10.4 Å². The number of aromatic hydroxyl groups is 1. The summed E-state index contributed by atoms with van der Waals surface area (Å²) in [6.45, 7) is 2.34. The zero-order valence-corrected chi connectivity index (χ0v) is 11.1. The molecule has 1 aromatic rings. The van der Waals surface area contributed by atoms with E-state index in [1.807, 2.05) is 11.9 Å². The molecule has 0 aliphatic carbocycles. The van der Waals surface area contributed by atoms with Crippen molar-refractivity contribution in [1.29, 1.82) is 5.26 Å². The number of nitriles is 1. The molecule has 2 unspecified atom stereocenters. The number of likely N-dealkylation sites (tertiary alicyclic amines) is 1. The highest BCUT2D eigenvalue weighted by atomic mass is 16.3. The first-order valence-electron chi connectivity index (χ1n) is 6.22. The highest BCUT2D eigenvalue weighted by Gasteiger charge is 2.34. The highest BCUT2D eigenvalue weighted by Crippen LogP contribution is 2.28. The third-order valence-corrected chi connectivity index (χ3v) is 3.56. The average molecular weight is 259 g/mol.